The first-order valence-electron chi connectivity index (χ1n) is 10.6. The smallest absolute Gasteiger partial charge is 0.338 e. The van der Waals surface area contributed by atoms with Crippen molar-refractivity contribution in [3.8, 4) is 0 Å². The number of nitrogens with zero attached hydrogens (tertiary/aromatic N) is 1. The Kier molecular flexibility index (Phi) is 6.75. The zero-order chi connectivity index (χ0) is 24.2. The highest BCUT2D eigenvalue weighted by atomic mass is 35.5. The molecule has 1 N–H and O–H groups in total. The van der Waals surface area contributed by atoms with E-state index in [1.54, 1.807) is 48.5 Å². The number of carbonyl (C=O) groups is 4. The number of fused-ring (bicyclic) bond motifs is 1. The highest BCUT2D eigenvalue weighted by molar-refractivity contribution is 6.30. The molecule has 0 radical (unpaired) electrons. The first-order valence-corrected chi connectivity index (χ1v) is 11.0. The van der Waals surface area contributed by atoms with Crippen molar-refractivity contribution in [2.24, 2.45) is 0 Å². The van der Waals surface area contributed by atoms with Crippen LogP contribution in [0.3, 0.4) is 0 Å². The summed E-state index contributed by atoms with van der Waals surface area (Å²) in [7, 11) is 0. The molecule has 0 spiro atoms. The largest absolute Gasteiger partial charge is 0.452 e. The lowest BCUT2D eigenvalue weighted by atomic mass is 10.1. The molecule has 172 valence electrons. The predicted molar refractivity (Wildman–Crippen MR) is 125 cm³/mol. The molecule has 3 aromatic rings. The molecule has 0 aromatic heterocycles. The Morgan fingerprint density at radius 3 is 2.09 bits per heavy atom. The van der Waals surface area contributed by atoms with E-state index in [9.17, 15) is 19.2 Å². The molecule has 0 saturated carbocycles. The standard InChI is InChI=1S/C26H21ClN2O5/c1-16(18-10-12-20(27)13-11-18)28-23(30)15-34-26(33)19-8-6-17(7-9-19)14-29-24(31)21-4-2-3-5-22(21)25(29)32/h2-13,16H,14-15H2,1H3,(H,28,30). The van der Waals surface area contributed by atoms with Gasteiger partial charge in [-0.2, -0.15) is 0 Å². The van der Waals surface area contributed by atoms with Gasteiger partial charge in [0.25, 0.3) is 17.7 Å². The maximum atomic E-state index is 12.5. The molecule has 1 aliphatic rings. The van der Waals surface area contributed by atoms with Gasteiger partial charge < -0.3 is 10.1 Å². The topological polar surface area (TPSA) is 92.8 Å². The highest BCUT2D eigenvalue weighted by Crippen LogP contribution is 2.24. The number of esters is 1. The zero-order valence-corrected chi connectivity index (χ0v) is 19.0. The Hall–Kier alpha value is -3.97. The van der Waals surface area contributed by atoms with Gasteiger partial charge in [0.05, 0.1) is 29.3 Å². The van der Waals surface area contributed by atoms with E-state index in [1.165, 1.54) is 17.0 Å². The van der Waals surface area contributed by atoms with Gasteiger partial charge in [-0.25, -0.2) is 4.79 Å². The van der Waals surface area contributed by atoms with E-state index in [0.29, 0.717) is 21.7 Å². The molecule has 0 saturated heterocycles. The minimum absolute atomic E-state index is 0.0899. The fourth-order valence-corrected chi connectivity index (χ4v) is 3.77. The second kappa shape index (κ2) is 9.89. The van der Waals surface area contributed by atoms with Gasteiger partial charge in [0.2, 0.25) is 0 Å². The SMILES string of the molecule is CC(NC(=O)COC(=O)c1ccc(CN2C(=O)c3ccccc3C2=O)cc1)c1ccc(Cl)cc1. The van der Waals surface area contributed by atoms with Gasteiger partial charge in [0.15, 0.2) is 6.61 Å². The van der Waals surface area contributed by atoms with Crippen LogP contribution in [-0.2, 0) is 16.1 Å². The summed E-state index contributed by atoms with van der Waals surface area (Å²) in [6, 6.07) is 19.8. The second-order valence-electron chi connectivity index (χ2n) is 7.86. The van der Waals surface area contributed by atoms with E-state index in [-0.39, 0.29) is 30.0 Å². The monoisotopic (exact) mass is 476 g/mol. The summed E-state index contributed by atoms with van der Waals surface area (Å²) in [6.07, 6.45) is 0. The van der Waals surface area contributed by atoms with Gasteiger partial charge in [0, 0.05) is 5.02 Å². The summed E-state index contributed by atoms with van der Waals surface area (Å²) < 4.78 is 5.10. The maximum absolute atomic E-state index is 12.5. The third-order valence-corrected chi connectivity index (χ3v) is 5.74. The Labute approximate surface area is 201 Å². The van der Waals surface area contributed by atoms with Crippen molar-refractivity contribution in [2.45, 2.75) is 19.5 Å². The predicted octanol–water partition coefficient (Wildman–Crippen LogP) is 4.17. The second-order valence-corrected chi connectivity index (χ2v) is 8.29. The van der Waals surface area contributed by atoms with Crippen molar-refractivity contribution in [1.29, 1.82) is 0 Å². The van der Waals surface area contributed by atoms with Gasteiger partial charge in [0.1, 0.15) is 0 Å². The zero-order valence-electron chi connectivity index (χ0n) is 18.3. The van der Waals surface area contributed by atoms with Gasteiger partial charge >= 0.3 is 5.97 Å². The molecule has 3 aromatic carbocycles. The van der Waals surface area contributed by atoms with E-state index in [2.05, 4.69) is 5.32 Å². The molecule has 3 amide bonds. The minimum atomic E-state index is -0.651. The molecule has 1 heterocycles. The van der Waals surface area contributed by atoms with Crippen molar-refractivity contribution >= 4 is 35.3 Å². The van der Waals surface area contributed by atoms with Crippen molar-refractivity contribution in [3.05, 3.63) is 106 Å². The average molecular weight is 477 g/mol. The fourth-order valence-electron chi connectivity index (χ4n) is 3.64. The van der Waals surface area contributed by atoms with Crippen LogP contribution < -0.4 is 5.32 Å². The van der Waals surface area contributed by atoms with E-state index < -0.39 is 18.5 Å². The summed E-state index contributed by atoms with van der Waals surface area (Å²) in [5.41, 5.74) is 2.58. The Balaban J connectivity index is 1.29. The van der Waals surface area contributed by atoms with Gasteiger partial charge in [-0.05, 0) is 54.4 Å². The first kappa shape index (κ1) is 23.2. The summed E-state index contributed by atoms with van der Waals surface area (Å²) in [5.74, 6) is -1.77. The molecular formula is C26H21ClN2O5. The minimum Gasteiger partial charge on any atom is -0.452 e. The van der Waals surface area contributed by atoms with Crippen LogP contribution in [0.2, 0.25) is 5.02 Å². The lowest BCUT2D eigenvalue weighted by molar-refractivity contribution is -0.124. The Bertz CT molecular complexity index is 1220. The third kappa shape index (κ3) is 5.00. The number of hydrogen-bond acceptors (Lipinski definition) is 5. The lowest BCUT2D eigenvalue weighted by Gasteiger charge is -2.15. The normalized spacial score (nSPS) is 13.4. The third-order valence-electron chi connectivity index (χ3n) is 5.49. The van der Waals surface area contributed by atoms with Crippen LogP contribution >= 0.6 is 11.6 Å². The molecule has 4 rings (SSSR count). The lowest BCUT2D eigenvalue weighted by Crippen LogP contribution is -2.31. The number of nitrogens with one attached hydrogen (secondary N) is 1. The average Bonchev–Trinajstić information content (AvgIpc) is 3.08. The Morgan fingerprint density at radius 2 is 1.50 bits per heavy atom. The molecule has 0 aliphatic carbocycles. The van der Waals surface area contributed by atoms with Crippen LogP contribution in [-0.4, -0.2) is 35.2 Å². The van der Waals surface area contributed by atoms with Crippen molar-refractivity contribution in [1.82, 2.24) is 10.2 Å². The van der Waals surface area contributed by atoms with Crippen molar-refractivity contribution < 1.29 is 23.9 Å². The molecule has 0 bridgehead atoms. The van der Waals surface area contributed by atoms with Crippen LogP contribution in [0.15, 0.2) is 72.8 Å². The van der Waals surface area contributed by atoms with E-state index in [4.69, 9.17) is 16.3 Å². The van der Waals surface area contributed by atoms with E-state index >= 15 is 0 Å². The fraction of sp³-hybridized carbons (Fsp3) is 0.154. The summed E-state index contributed by atoms with van der Waals surface area (Å²) in [6.45, 7) is 1.48. The molecular weight excluding hydrogens is 456 g/mol. The number of benzene rings is 3. The number of amides is 3. The van der Waals surface area contributed by atoms with Gasteiger partial charge in [-0.15, -0.1) is 0 Å². The summed E-state index contributed by atoms with van der Waals surface area (Å²) in [5, 5.41) is 3.36. The number of hydrogen-bond donors (Lipinski definition) is 1. The van der Waals surface area contributed by atoms with Crippen LogP contribution in [0.25, 0.3) is 0 Å². The summed E-state index contributed by atoms with van der Waals surface area (Å²) in [4.78, 5) is 50.6. The van der Waals surface area contributed by atoms with Crippen molar-refractivity contribution in [3.63, 3.8) is 0 Å². The molecule has 34 heavy (non-hydrogen) atoms. The molecule has 0 fully saturated rings. The van der Waals surface area contributed by atoms with Crippen LogP contribution in [0.1, 0.15) is 55.2 Å². The van der Waals surface area contributed by atoms with Crippen LogP contribution in [0.5, 0.6) is 0 Å². The molecule has 7 nitrogen and oxygen atoms in total. The molecule has 8 heteroatoms. The number of halogens is 1. The van der Waals surface area contributed by atoms with Crippen molar-refractivity contribution in [2.75, 3.05) is 6.61 Å². The molecule has 1 aliphatic heterocycles. The highest BCUT2D eigenvalue weighted by Gasteiger charge is 2.34. The van der Waals surface area contributed by atoms with Gasteiger partial charge in [-0.1, -0.05) is 48.0 Å². The number of carbonyl (C=O) groups excluding carboxylic acids is 4. The quantitative estimate of drug-likeness (QED) is 0.408. The Morgan fingerprint density at radius 1 is 0.912 bits per heavy atom. The van der Waals surface area contributed by atoms with Gasteiger partial charge in [-0.3, -0.25) is 19.3 Å². The molecule has 1 atom stereocenters. The number of ether oxygens (including phenoxy) is 1. The molecule has 1 unspecified atom stereocenters. The number of rotatable bonds is 7. The van der Waals surface area contributed by atoms with E-state index in [0.717, 1.165) is 5.56 Å². The van der Waals surface area contributed by atoms with Crippen LogP contribution in [0, 0.1) is 0 Å². The van der Waals surface area contributed by atoms with Crippen LogP contribution in [0.4, 0.5) is 0 Å². The maximum Gasteiger partial charge on any atom is 0.338 e. The summed E-state index contributed by atoms with van der Waals surface area (Å²) >= 11 is 5.87. The number of imide groups is 1. The first-order chi connectivity index (χ1) is 16.3. The van der Waals surface area contributed by atoms with E-state index in [1.807, 2.05) is 19.1 Å².